The molecule has 5 nitrogen and oxygen atoms in total. The van der Waals surface area contributed by atoms with Crippen LogP contribution < -0.4 is 5.56 Å². The third-order valence-electron chi connectivity index (χ3n) is 5.82. The largest absolute Gasteiger partial charge is 0.337 e. The fourth-order valence-electron chi connectivity index (χ4n) is 4.12. The first-order chi connectivity index (χ1) is 14.1. The highest BCUT2D eigenvalue weighted by Gasteiger charge is 2.25. The molecule has 1 atom stereocenters. The Labute approximate surface area is 171 Å². The minimum absolute atomic E-state index is 0.0404. The van der Waals surface area contributed by atoms with Gasteiger partial charge in [0.2, 0.25) is 11.5 Å². The van der Waals surface area contributed by atoms with E-state index in [2.05, 4.69) is 22.0 Å². The summed E-state index contributed by atoms with van der Waals surface area (Å²) in [6.45, 7) is 3.08. The topological polar surface area (TPSA) is 56.4 Å². The number of hydrogen-bond acceptors (Lipinski definition) is 3. The van der Waals surface area contributed by atoms with E-state index >= 15 is 0 Å². The summed E-state index contributed by atoms with van der Waals surface area (Å²) in [4.78, 5) is 31.8. The molecule has 2 heterocycles. The van der Waals surface area contributed by atoms with Gasteiger partial charge < -0.3 is 14.8 Å². The summed E-state index contributed by atoms with van der Waals surface area (Å²) in [5.74, 6) is 0.0989. The van der Waals surface area contributed by atoms with E-state index in [9.17, 15) is 9.59 Å². The molecule has 1 amide bonds. The highest BCUT2D eigenvalue weighted by Crippen LogP contribution is 2.24. The predicted molar refractivity (Wildman–Crippen MR) is 116 cm³/mol. The molecule has 5 heteroatoms. The van der Waals surface area contributed by atoms with Gasteiger partial charge in [0.15, 0.2) is 0 Å². The Morgan fingerprint density at radius 3 is 2.59 bits per heavy atom. The maximum atomic E-state index is 13.1. The van der Waals surface area contributed by atoms with E-state index in [-0.39, 0.29) is 17.5 Å². The van der Waals surface area contributed by atoms with Crippen molar-refractivity contribution in [3.8, 4) is 0 Å². The lowest BCUT2D eigenvalue weighted by atomic mass is 10.0. The maximum absolute atomic E-state index is 13.1. The minimum atomic E-state index is -0.117. The molecule has 2 aromatic carbocycles. The second-order valence-electron chi connectivity index (χ2n) is 7.86. The van der Waals surface area contributed by atoms with Gasteiger partial charge in [-0.2, -0.15) is 0 Å². The Kier molecular flexibility index (Phi) is 5.76. The molecule has 1 aromatic heterocycles. The van der Waals surface area contributed by atoms with Crippen LogP contribution in [0.5, 0.6) is 0 Å². The molecule has 0 unspecified atom stereocenters. The molecule has 150 valence electrons. The van der Waals surface area contributed by atoms with Gasteiger partial charge in [-0.1, -0.05) is 36.4 Å². The van der Waals surface area contributed by atoms with Gasteiger partial charge in [0, 0.05) is 25.2 Å². The van der Waals surface area contributed by atoms with Crippen LogP contribution in [-0.4, -0.2) is 47.4 Å². The second-order valence-corrected chi connectivity index (χ2v) is 7.86. The highest BCUT2D eigenvalue weighted by atomic mass is 16.2. The first kappa shape index (κ1) is 19.4. The fraction of sp³-hybridized carbons (Fsp3) is 0.333. The van der Waals surface area contributed by atoms with Crippen LogP contribution in [0.2, 0.25) is 0 Å². The number of amides is 1. The number of likely N-dealkylation sites (N-methyl/N-ethyl adjacent to an activating group) is 1. The Balaban J connectivity index is 1.53. The van der Waals surface area contributed by atoms with Crippen molar-refractivity contribution in [2.24, 2.45) is 0 Å². The normalized spacial score (nSPS) is 15.5. The van der Waals surface area contributed by atoms with E-state index in [0.717, 1.165) is 36.1 Å². The van der Waals surface area contributed by atoms with Gasteiger partial charge >= 0.3 is 0 Å². The van der Waals surface area contributed by atoms with E-state index in [4.69, 9.17) is 0 Å². The van der Waals surface area contributed by atoms with Crippen LogP contribution in [0.25, 0.3) is 10.9 Å². The van der Waals surface area contributed by atoms with E-state index in [1.54, 1.807) is 6.07 Å². The molecule has 1 saturated heterocycles. The number of nitrogens with zero attached hydrogens (tertiary/aromatic N) is 2. The van der Waals surface area contributed by atoms with Gasteiger partial charge in [0.25, 0.3) is 0 Å². The van der Waals surface area contributed by atoms with Crippen molar-refractivity contribution in [3.05, 3.63) is 82.1 Å². The van der Waals surface area contributed by atoms with E-state index in [0.29, 0.717) is 6.42 Å². The van der Waals surface area contributed by atoms with Crippen LogP contribution >= 0.6 is 0 Å². The van der Waals surface area contributed by atoms with Gasteiger partial charge in [0.1, 0.15) is 0 Å². The maximum Gasteiger partial charge on any atom is 0.248 e. The number of aromatic amines is 1. The fourth-order valence-corrected chi connectivity index (χ4v) is 4.12. The third kappa shape index (κ3) is 4.57. The number of rotatable bonds is 6. The number of fused-ring (bicyclic) bond motifs is 1. The Morgan fingerprint density at radius 2 is 1.83 bits per heavy atom. The van der Waals surface area contributed by atoms with Crippen molar-refractivity contribution < 1.29 is 4.79 Å². The molecule has 1 fully saturated rings. The van der Waals surface area contributed by atoms with Crippen molar-refractivity contribution >= 4 is 16.8 Å². The number of nitrogens with one attached hydrogen (secondary N) is 1. The number of carbonyl (C=O) groups is 1. The monoisotopic (exact) mass is 389 g/mol. The van der Waals surface area contributed by atoms with Crippen molar-refractivity contribution in [2.45, 2.75) is 25.3 Å². The summed E-state index contributed by atoms with van der Waals surface area (Å²) in [6, 6.07) is 19.4. The Bertz CT molecular complexity index is 1040. The summed E-state index contributed by atoms with van der Waals surface area (Å²) in [6.07, 6.45) is 2.81. The molecule has 1 aliphatic rings. The van der Waals surface area contributed by atoms with Gasteiger partial charge in [-0.3, -0.25) is 9.59 Å². The van der Waals surface area contributed by atoms with Crippen LogP contribution in [0, 0.1) is 0 Å². The number of likely N-dealkylation sites (tertiary alicyclic amines) is 1. The summed E-state index contributed by atoms with van der Waals surface area (Å²) < 4.78 is 0. The lowest BCUT2D eigenvalue weighted by Crippen LogP contribution is -2.39. The van der Waals surface area contributed by atoms with E-state index in [1.807, 2.05) is 48.3 Å². The minimum Gasteiger partial charge on any atom is -0.337 e. The summed E-state index contributed by atoms with van der Waals surface area (Å²) in [7, 11) is 1.91. The molecular weight excluding hydrogens is 362 g/mol. The zero-order valence-electron chi connectivity index (χ0n) is 16.8. The van der Waals surface area contributed by atoms with Crippen LogP contribution in [0.15, 0.2) is 65.5 Å². The zero-order valence-corrected chi connectivity index (χ0v) is 16.8. The van der Waals surface area contributed by atoms with Crippen molar-refractivity contribution in [1.29, 1.82) is 0 Å². The van der Waals surface area contributed by atoms with Crippen molar-refractivity contribution in [2.75, 3.05) is 26.7 Å². The van der Waals surface area contributed by atoms with Gasteiger partial charge in [-0.15, -0.1) is 0 Å². The van der Waals surface area contributed by atoms with Gasteiger partial charge in [-0.05, 0) is 60.6 Å². The number of carbonyl (C=O) groups excluding carboxylic acids is 1. The molecule has 3 aromatic rings. The van der Waals surface area contributed by atoms with Crippen LogP contribution in [0.3, 0.4) is 0 Å². The van der Waals surface area contributed by atoms with Crippen molar-refractivity contribution in [1.82, 2.24) is 14.8 Å². The Hall–Kier alpha value is -2.92. The summed E-state index contributed by atoms with van der Waals surface area (Å²) in [5, 5.41) is 0.939. The summed E-state index contributed by atoms with van der Waals surface area (Å²) >= 11 is 0. The summed E-state index contributed by atoms with van der Waals surface area (Å²) in [5.41, 5.74) is 2.80. The molecule has 0 radical (unpaired) electrons. The first-order valence-corrected chi connectivity index (χ1v) is 10.2. The quantitative estimate of drug-likeness (QED) is 0.703. The molecule has 0 saturated carbocycles. The molecule has 4 rings (SSSR count). The van der Waals surface area contributed by atoms with Gasteiger partial charge in [-0.25, -0.2) is 0 Å². The predicted octanol–water partition coefficient (Wildman–Crippen LogP) is 3.37. The molecular formula is C24H27N3O2. The van der Waals surface area contributed by atoms with E-state index < -0.39 is 0 Å². The van der Waals surface area contributed by atoms with Crippen molar-refractivity contribution in [3.63, 3.8) is 0 Å². The third-order valence-corrected chi connectivity index (χ3v) is 5.82. The molecule has 29 heavy (non-hydrogen) atoms. The Morgan fingerprint density at radius 1 is 1.07 bits per heavy atom. The lowest BCUT2D eigenvalue weighted by molar-refractivity contribution is -0.131. The van der Waals surface area contributed by atoms with Crippen LogP contribution in [0.1, 0.15) is 30.0 Å². The number of pyridine rings is 1. The molecule has 0 bridgehead atoms. The second kappa shape index (κ2) is 8.62. The number of hydrogen-bond donors (Lipinski definition) is 1. The first-order valence-electron chi connectivity index (χ1n) is 10.2. The molecule has 0 aliphatic carbocycles. The average Bonchev–Trinajstić information content (AvgIpc) is 3.25. The van der Waals surface area contributed by atoms with Gasteiger partial charge in [0.05, 0.1) is 12.5 Å². The SMILES string of the molecule is CN(C(=O)Cc1ccc2[nH]c(=O)ccc2c1)[C@H](CN1CCCC1)c1ccccc1. The number of H-pyrrole nitrogens is 1. The smallest absolute Gasteiger partial charge is 0.248 e. The molecule has 1 N–H and O–H groups in total. The molecule has 0 spiro atoms. The standard InChI is InChI=1S/C24H27N3O2/c1-26(22(17-27-13-5-6-14-27)19-7-3-2-4-8-19)24(29)16-18-9-11-21-20(15-18)10-12-23(28)25-21/h2-4,7-12,15,22H,5-6,13-14,16-17H2,1H3,(H,25,28)/t22-/m1/s1. The van der Waals surface area contributed by atoms with Crippen LogP contribution in [-0.2, 0) is 11.2 Å². The lowest BCUT2D eigenvalue weighted by Gasteiger charge is -2.32. The highest BCUT2D eigenvalue weighted by molar-refractivity contribution is 5.83. The van der Waals surface area contributed by atoms with Crippen LogP contribution in [0.4, 0.5) is 0 Å². The number of benzene rings is 2. The zero-order chi connectivity index (χ0) is 20.2. The van der Waals surface area contributed by atoms with E-state index in [1.165, 1.54) is 24.5 Å². The average molecular weight is 389 g/mol. The molecule has 1 aliphatic heterocycles. The number of aromatic nitrogens is 1.